The second kappa shape index (κ2) is 4.59. The summed E-state index contributed by atoms with van der Waals surface area (Å²) in [6, 6.07) is 8.83. The largest absolute Gasteiger partial charge is 0.478 e. The smallest absolute Gasteiger partial charge is 0.337 e. The number of rotatable bonds is 2. The van der Waals surface area contributed by atoms with Crippen LogP contribution in [0.1, 0.15) is 34.0 Å². The Bertz CT molecular complexity index is 751. The Morgan fingerprint density at radius 2 is 2.00 bits per heavy atom. The highest BCUT2D eigenvalue weighted by molar-refractivity contribution is 5.89. The predicted molar refractivity (Wildman–Crippen MR) is 70.5 cm³/mol. The summed E-state index contributed by atoms with van der Waals surface area (Å²) < 4.78 is 15.4. The van der Waals surface area contributed by atoms with Crippen LogP contribution in [0, 0.1) is 5.82 Å². The Hall–Kier alpha value is -2.43. The number of carboxylic acids is 1. The molecule has 5 heteroatoms. The van der Waals surface area contributed by atoms with E-state index in [4.69, 9.17) is 0 Å². The molecule has 0 spiro atoms. The number of aromatic carboxylic acids is 1. The molecular formula is C15H12FNO3. The van der Waals surface area contributed by atoms with Crippen molar-refractivity contribution in [3.8, 4) is 0 Å². The summed E-state index contributed by atoms with van der Waals surface area (Å²) in [6.45, 7) is 0.411. The first-order valence-electron chi connectivity index (χ1n) is 6.31. The van der Waals surface area contributed by atoms with Crippen LogP contribution in [0.4, 0.5) is 4.39 Å². The number of pyridine rings is 1. The molecule has 1 atom stereocenters. The maximum Gasteiger partial charge on any atom is 0.337 e. The molecule has 0 saturated carbocycles. The molecule has 1 aromatic carbocycles. The van der Waals surface area contributed by atoms with E-state index in [-0.39, 0.29) is 16.9 Å². The molecule has 1 aliphatic rings. The van der Waals surface area contributed by atoms with Crippen molar-refractivity contribution < 1.29 is 14.3 Å². The van der Waals surface area contributed by atoms with Crippen LogP contribution in [0.15, 0.2) is 41.2 Å². The number of halogens is 1. The fourth-order valence-corrected chi connectivity index (χ4v) is 2.84. The van der Waals surface area contributed by atoms with E-state index in [1.54, 1.807) is 18.2 Å². The molecule has 0 radical (unpaired) electrons. The number of aromatic nitrogens is 1. The predicted octanol–water partition coefficient (Wildman–Crippen LogP) is 2.22. The van der Waals surface area contributed by atoms with E-state index < -0.39 is 11.9 Å². The van der Waals surface area contributed by atoms with Crippen LogP contribution in [0.5, 0.6) is 0 Å². The zero-order valence-electron chi connectivity index (χ0n) is 10.5. The first-order chi connectivity index (χ1) is 9.59. The molecular weight excluding hydrogens is 261 g/mol. The molecule has 20 heavy (non-hydrogen) atoms. The fraction of sp³-hybridized carbons (Fsp3) is 0.200. The zero-order chi connectivity index (χ0) is 14.3. The Kier molecular flexibility index (Phi) is 2.89. The fourth-order valence-electron chi connectivity index (χ4n) is 2.84. The summed E-state index contributed by atoms with van der Waals surface area (Å²) in [7, 11) is 0. The summed E-state index contributed by atoms with van der Waals surface area (Å²) in [4.78, 5) is 23.1. The Morgan fingerprint density at radius 3 is 2.70 bits per heavy atom. The van der Waals surface area contributed by atoms with Gasteiger partial charge in [0.05, 0.1) is 5.56 Å². The van der Waals surface area contributed by atoms with Gasteiger partial charge in [0.15, 0.2) is 0 Å². The van der Waals surface area contributed by atoms with Crippen molar-refractivity contribution in [2.24, 2.45) is 0 Å². The van der Waals surface area contributed by atoms with Gasteiger partial charge in [0.25, 0.3) is 5.56 Å². The van der Waals surface area contributed by atoms with Crippen molar-refractivity contribution in [3.05, 3.63) is 69.4 Å². The van der Waals surface area contributed by atoms with Crippen LogP contribution < -0.4 is 5.56 Å². The van der Waals surface area contributed by atoms with Crippen molar-refractivity contribution in [1.82, 2.24) is 4.57 Å². The van der Waals surface area contributed by atoms with E-state index in [1.165, 1.54) is 22.8 Å². The Balaban J connectivity index is 2.24. The molecule has 2 heterocycles. The maximum atomic E-state index is 13.9. The minimum Gasteiger partial charge on any atom is -0.478 e. The number of nitrogens with zero attached hydrogens (tertiary/aromatic N) is 1. The lowest BCUT2D eigenvalue weighted by atomic mass is 9.91. The van der Waals surface area contributed by atoms with Gasteiger partial charge in [-0.05, 0) is 24.1 Å². The van der Waals surface area contributed by atoms with Crippen LogP contribution in [0.2, 0.25) is 0 Å². The summed E-state index contributed by atoms with van der Waals surface area (Å²) in [5.74, 6) is -1.87. The summed E-state index contributed by atoms with van der Waals surface area (Å²) in [6.07, 6.45) is 0.528. The third-order valence-corrected chi connectivity index (χ3v) is 3.71. The molecule has 0 aliphatic carbocycles. The Labute approximate surface area is 114 Å². The highest BCUT2D eigenvalue weighted by atomic mass is 19.1. The lowest BCUT2D eigenvalue weighted by Gasteiger charge is -2.14. The lowest BCUT2D eigenvalue weighted by Crippen LogP contribution is -2.21. The number of fused-ring (bicyclic) bond motifs is 1. The zero-order valence-corrected chi connectivity index (χ0v) is 10.5. The van der Waals surface area contributed by atoms with Gasteiger partial charge in [0, 0.05) is 24.2 Å². The van der Waals surface area contributed by atoms with Crippen LogP contribution in [0.25, 0.3) is 0 Å². The highest BCUT2D eigenvalue weighted by Crippen LogP contribution is 2.36. The summed E-state index contributed by atoms with van der Waals surface area (Å²) >= 11 is 0. The van der Waals surface area contributed by atoms with Crippen molar-refractivity contribution >= 4 is 5.97 Å². The molecule has 0 amide bonds. The molecule has 1 aromatic heterocycles. The second-order valence-electron chi connectivity index (χ2n) is 4.79. The van der Waals surface area contributed by atoms with Crippen LogP contribution in [-0.2, 0) is 6.54 Å². The Morgan fingerprint density at radius 1 is 1.25 bits per heavy atom. The van der Waals surface area contributed by atoms with Gasteiger partial charge in [0.1, 0.15) is 5.82 Å². The number of carboxylic acid groups (broad SMARTS) is 1. The van der Waals surface area contributed by atoms with Crippen LogP contribution in [0.3, 0.4) is 0 Å². The molecule has 2 aromatic rings. The molecule has 1 aliphatic heterocycles. The average molecular weight is 273 g/mol. The van der Waals surface area contributed by atoms with E-state index >= 15 is 0 Å². The SMILES string of the molecule is O=C(O)c1ccc(=O)n2c1C(c1ccccc1F)CC2. The van der Waals surface area contributed by atoms with E-state index in [2.05, 4.69) is 0 Å². The number of carbonyl (C=O) groups is 1. The van der Waals surface area contributed by atoms with Crippen LogP contribution >= 0.6 is 0 Å². The van der Waals surface area contributed by atoms with Crippen molar-refractivity contribution in [3.63, 3.8) is 0 Å². The summed E-state index contributed by atoms with van der Waals surface area (Å²) in [5, 5.41) is 9.26. The third-order valence-electron chi connectivity index (χ3n) is 3.71. The summed E-state index contributed by atoms with van der Waals surface area (Å²) in [5.41, 5.74) is 0.654. The van der Waals surface area contributed by atoms with Gasteiger partial charge >= 0.3 is 5.97 Å². The normalized spacial score (nSPS) is 16.9. The van der Waals surface area contributed by atoms with Crippen molar-refractivity contribution in [2.75, 3.05) is 0 Å². The van der Waals surface area contributed by atoms with Crippen molar-refractivity contribution in [2.45, 2.75) is 18.9 Å². The second-order valence-corrected chi connectivity index (χ2v) is 4.79. The van der Waals surface area contributed by atoms with E-state index in [0.717, 1.165) is 0 Å². The molecule has 0 fully saturated rings. The number of hydrogen-bond donors (Lipinski definition) is 1. The first-order valence-corrected chi connectivity index (χ1v) is 6.31. The number of benzene rings is 1. The molecule has 1 unspecified atom stereocenters. The average Bonchev–Trinajstić information content (AvgIpc) is 2.85. The lowest BCUT2D eigenvalue weighted by molar-refractivity contribution is 0.0694. The highest BCUT2D eigenvalue weighted by Gasteiger charge is 2.31. The molecule has 3 rings (SSSR count). The molecule has 0 bridgehead atoms. The van der Waals surface area contributed by atoms with Crippen molar-refractivity contribution in [1.29, 1.82) is 0 Å². The first kappa shape index (κ1) is 12.6. The molecule has 0 saturated heterocycles. The van der Waals surface area contributed by atoms with Gasteiger partial charge in [-0.3, -0.25) is 4.79 Å². The van der Waals surface area contributed by atoms with E-state index in [1.807, 2.05) is 0 Å². The molecule has 4 nitrogen and oxygen atoms in total. The van der Waals surface area contributed by atoms with Gasteiger partial charge in [-0.15, -0.1) is 0 Å². The minimum atomic E-state index is -1.10. The standard InChI is InChI=1S/C15H12FNO3/c16-12-4-2-1-3-9(12)10-7-8-17-13(18)6-5-11(14(10)17)15(19)20/h1-6,10H,7-8H2,(H,19,20). The quantitative estimate of drug-likeness (QED) is 0.912. The van der Waals surface area contributed by atoms with Crippen LogP contribution in [-0.4, -0.2) is 15.6 Å². The molecule has 102 valence electrons. The van der Waals surface area contributed by atoms with Gasteiger partial charge in [-0.2, -0.15) is 0 Å². The third kappa shape index (κ3) is 1.82. The van der Waals surface area contributed by atoms with E-state index in [0.29, 0.717) is 24.2 Å². The van der Waals surface area contributed by atoms with Gasteiger partial charge in [-0.1, -0.05) is 18.2 Å². The van der Waals surface area contributed by atoms with E-state index in [9.17, 15) is 19.1 Å². The van der Waals surface area contributed by atoms with Gasteiger partial charge < -0.3 is 9.67 Å². The minimum absolute atomic E-state index is 0.0651. The maximum absolute atomic E-state index is 13.9. The van der Waals surface area contributed by atoms with Gasteiger partial charge in [0.2, 0.25) is 0 Å². The van der Waals surface area contributed by atoms with Gasteiger partial charge in [-0.25, -0.2) is 9.18 Å². The number of hydrogen-bond acceptors (Lipinski definition) is 2. The topological polar surface area (TPSA) is 59.3 Å². The molecule has 1 N–H and O–H groups in total. The monoisotopic (exact) mass is 273 g/mol.